The molecule has 1 N–H and O–H groups in total. The van der Waals surface area contributed by atoms with Gasteiger partial charge in [-0.3, -0.25) is 4.79 Å². The molecule has 9 heteroatoms. The highest BCUT2D eigenvalue weighted by molar-refractivity contribution is 7.89. The van der Waals surface area contributed by atoms with Gasteiger partial charge in [-0.25, -0.2) is 17.5 Å². The first-order valence-electron chi connectivity index (χ1n) is 7.74. The Morgan fingerprint density at radius 2 is 1.85 bits per heavy atom. The van der Waals surface area contributed by atoms with Gasteiger partial charge in [0.1, 0.15) is 5.76 Å². The summed E-state index contributed by atoms with van der Waals surface area (Å²) in [6, 6.07) is 8.37. The average Bonchev–Trinajstić information content (AvgIpc) is 3.14. The summed E-state index contributed by atoms with van der Waals surface area (Å²) in [5.74, 6) is -0.615. The SMILES string of the molecule is C[C@H](NC(=O)COC(=O)c1ccc(S(=O)(=O)N(C)C)cc1)c1ccco1. The molecule has 1 atom stereocenters. The molecule has 0 bridgehead atoms. The highest BCUT2D eigenvalue weighted by Crippen LogP contribution is 2.15. The van der Waals surface area contributed by atoms with Crippen molar-refractivity contribution in [3.05, 3.63) is 54.0 Å². The Labute approximate surface area is 151 Å². The van der Waals surface area contributed by atoms with Crippen LogP contribution in [0.5, 0.6) is 0 Å². The Hall–Kier alpha value is -2.65. The Bertz CT molecular complexity index is 857. The van der Waals surface area contributed by atoms with Gasteiger partial charge in [-0.2, -0.15) is 0 Å². The summed E-state index contributed by atoms with van der Waals surface area (Å²) in [5.41, 5.74) is 0.148. The van der Waals surface area contributed by atoms with Crippen molar-refractivity contribution in [3.63, 3.8) is 0 Å². The van der Waals surface area contributed by atoms with Gasteiger partial charge in [0.25, 0.3) is 5.91 Å². The Morgan fingerprint density at radius 1 is 1.19 bits per heavy atom. The third kappa shape index (κ3) is 4.70. The summed E-state index contributed by atoms with van der Waals surface area (Å²) in [6.07, 6.45) is 1.50. The summed E-state index contributed by atoms with van der Waals surface area (Å²) in [6.45, 7) is 1.28. The van der Waals surface area contributed by atoms with Gasteiger partial charge in [-0.05, 0) is 43.3 Å². The molecule has 2 rings (SSSR count). The van der Waals surface area contributed by atoms with E-state index >= 15 is 0 Å². The van der Waals surface area contributed by atoms with E-state index in [0.29, 0.717) is 5.76 Å². The van der Waals surface area contributed by atoms with Crippen molar-refractivity contribution >= 4 is 21.9 Å². The molecule has 8 nitrogen and oxygen atoms in total. The van der Waals surface area contributed by atoms with E-state index in [1.165, 1.54) is 44.6 Å². The lowest BCUT2D eigenvalue weighted by molar-refractivity contribution is -0.125. The van der Waals surface area contributed by atoms with E-state index in [1.54, 1.807) is 19.1 Å². The second-order valence-electron chi connectivity index (χ2n) is 5.69. The van der Waals surface area contributed by atoms with Crippen LogP contribution in [0.4, 0.5) is 0 Å². The van der Waals surface area contributed by atoms with Crippen molar-refractivity contribution in [2.75, 3.05) is 20.7 Å². The molecule has 1 aromatic heterocycles. The van der Waals surface area contributed by atoms with Gasteiger partial charge >= 0.3 is 5.97 Å². The quantitative estimate of drug-likeness (QED) is 0.731. The molecule has 0 saturated carbocycles. The number of benzene rings is 1. The molecule has 0 unspecified atom stereocenters. The van der Waals surface area contributed by atoms with Crippen LogP contribution in [0.15, 0.2) is 52.0 Å². The number of furan rings is 1. The lowest BCUT2D eigenvalue weighted by Crippen LogP contribution is -2.31. The molecule has 1 heterocycles. The van der Waals surface area contributed by atoms with Crippen molar-refractivity contribution in [2.24, 2.45) is 0 Å². The second-order valence-corrected chi connectivity index (χ2v) is 7.84. The van der Waals surface area contributed by atoms with E-state index in [2.05, 4.69) is 5.32 Å². The molecule has 1 amide bonds. The van der Waals surface area contributed by atoms with Gasteiger partial charge < -0.3 is 14.5 Å². The first-order valence-corrected chi connectivity index (χ1v) is 9.18. The topological polar surface area (TPSA) is 106 Å². The van der Waals surface area contributed by atoms with Gasteiger partial charge in [0.05, 0.1) is 22.8 Å². The van der Waals surface area contributed by atoms with Crippen LogP contribution < -0.4 is 5.32 Å². The van der Waals surface area contributed by atoms with Crippen LogP contribution in [0.3, 0.4) is 0 Å². The van der Waals surface area contributed by atoms with Crippen LogP contribution in [0, 0.1) is 0 Å². The first kappa shape index (κ1) is 19.7. The van der Waals surface area contributed by atoms with Crippen molar-refractivity contribution in [1.29, 1.82) is 0 Å². The fourth-order valence-corrected chi connectivity index (χ4v) is 2.98. The molecule has 140 valence electrons. The number of hydrogen-bond donors (Lipinski definition) is 1. The van der Waals surface area contributed by atoms with Gasteiger partial charge in [0.2, 0.25) is 10.0 Å². The molecule has 2 aromatic rings. The van der Waals surface area contributed by atoms with Gasteiger partial charge in [-0.15, -0.1) is 0 Å². The zero-order valence-electron chi connectivity index (χ0n) is 14.6. The number of carbonyl (C=O) groups excluding carboxylic acids is 2. The van der Waals surface area contributed by atoms with E-state index in [0.717, 1.165) is 4.31 Å². The second kappa shape index (κ2) is 8.15. The number of esters is 1. The van der Waals surface area contributed by atoms with E-state index in [-0.39, 0.29) is 16.5 Å². The summed E-state index contributed by atoms with van der Waals surface area (Å²) in [7, 11) is -0.739. The number of nitrogens with one attached hydrogen (secondary N) is 1. The number of carbonyl (C=O) groups is 2. The van der Waals surface area contributed by atoms with Crippen molar-refractivity contribution in [2.45, 2.75) is 17.9 Å². The normalized spacial score (nSPS) is 12.6. The third-order valence-electron chi connectivity index (χ3n) is 3.55. The van der Waals surface area contributed by atoms with Gasteiger partial charge in [-0.1, -0.05) is 0 Å². The zero-order valence-corrected chi connectivity index (χ0v) is 15.4. The predicted molar refractivity (Wildman–Crippen MR) is 92.9 cm³/mol. The van der Waals surface area contributed by atoms with E-state index in [4.69, 9.17) is 9.15 Å². The maximum atomic E-state index is 12.0. The molecular weight excluding hydrogens is 360 g/mol. The van der Waals surface area contributed by atoms with E-state index in [9.17, 15) is 18.0 Å². The number of nitrogens with zero attached hydrogens (tertiary/aromatic N) is 1. The summed E-state index contributed by atoms with van der Waals surface area (Å²) in [4.78, 5) is 23.9. The highest BCUT2D eigenvalue weighted by atomic mass is 32.2. The Morgan fingerprint density at radius 3 is 2.38 bits per heavy atom. The van der Waals surface area contributed by atoms with Crippen molar-refractivity contribution in [3.8, 4) is 0 Å². The standard InChI is InChI=1S/C17H20N2O6S/c1-12(15-5-4-10-24-15)18-16(20)11-25-17(21)13-6-8-14(9-7-13)26(22,23)19(2)3/h4-10,12H,11H2,1-3H3,(H,18,20)/t12-/m0/s1. The highest BCUT2D eigenvalue weighted by Gasteiger charge is 2.18. The number of rotatable bonds is 7. The molecular formula is C17H20N2O6S. The van der Waals surface area contributed by atoms with Crippen LogP contribution >= 0.6 is 0 Å². The summed E-state index contributed by atoms with van der Waals surface area (Å²) < 4.78 is 35.1. The van der Waals surface area contributed by atoms with E-state index < -0.39 is 28.5 Å². The summed E-state index contributed by atoms with van der Waals surface area (Å²) in [5, 5.41) is 2.64. The molecule has 0 radical (unpaired) electrons. The van der Waals surface area contributed by atoms with Crippen LogP contribution in [-0.2, 0) is 19.6 Å². The van der Waals surface area contributed by atoms with Crippen molar-refractivity contribution in [1.82, 2.24) is 9.62 Å². The fraction of sp³-hybridized carbons (Fsp3) is 0.294. The number of sulfonamides is 1. The molecule has 0 fully saturated rings. The predicted octanol–water partition coefficient (Wildman–Crippen LogP) is 1.56. The minimum absolute atomic E-state index is 0.0593. The van der Waals surface area contributed by atoms with Crippen LogP contribution in [-0.4, -0.2) is 45.3 Å². The molecule has 0 aliphatic rings. The van der Waals surface area contributed by atoms with Gasteiger partial charge in [0.15, 0.2) is 6.61 Å². The minimum atomic E-state index is -3.57. The maximum absolute atomic E-state index is 12.0. The zero-order chi connectivity index (χ0) is 19.3. The van der Waals surface area contributed by atoms with E-state index in [1.807, 2.05) is 0 Å². The van der Waals surface area contributed by atoms with Crippen LogP contribution in [0.1, 0.15) is 29.1 Å². The van der Waals surface area contributed by atoms with Crippen LogP contribution in [0.25, 0.3) is 0 Å². The number of ether oxygens (including phenoxy) is 1. The fourth-order valence-electron chi connectivity index (χ4n) is 2.08. The molecule has 0 aliphatic carbocycles. The Balaban J connectivity index is 1.90. The third-order valence-corrected chi connectivity index (χ3v) is 5.38. The lowest BCUT2D eigenvalue weighted by Gasteiger charge is -2.12. The minimum Gasteiger partial charge on any atom is -0.467 e. The Kier molecular flexibility index (Phi) is 6.17. The molecule has 0 saturated heterocycles. The first-order chi connectivity index (χ1) is 12.2. The molecule has 1 aromatic carbocycles. The maximum Gasteiger partial charge on any atom is 0.338 e. The van der Waals surface area contributed by atoms with Crippen molar-refractivity contribution < 1.29 is 27.2 Å². The van der Waals surface area contributed by atoms with Gasteiger partial charge in [0, 0.05) is 14.1 Å². The number of hydrogen-bond acceptors (Lipinski definition) is 6. The summed E-state index contributed by atoms with van der Waals surface area (Å²) >= 11 is 0. The largest absolute Gasteiger partial charge is 0.467 e. The average molecular weight is 380 g/mol. The molecule has 26 heavy (non-hydrogen) atoms. The molecule has 0 spiro atoms. The lowest BCUT2D eigenvalue weighted by atomic mass is 10.2. The smallest absolute Gasteiger partial charge is 0.338 e. The van der Waals surface area contributed by atoms with Crippen LogP contribution in [0.2, 0.25) is 0 Å². The molecule has 0 aliphatic heterocycles. The monoisotopic (exact) mass is 380 g/mol. The number of amides is 1.